The fourth-order valence-corrected chi connectivity index (χ4v) is 3.21. The van der Waals surface area contributed by atoms with Gasteiger partial charge in [0.1, 0.15) is 5.75 Å². The molecule has 0 aliphatic carbocycles. The van der Waals surface area contributed by atoms with Crippen LogP contribution in [0.2, 0.25) is 0 Å². The Kier molecular flexibility index (Phi) is 6.36. The minimum atomic E-state index is -0.453. The Hall–Kier alpha value is -1.66. The molecule has 0 saturated heterocycles. The van der Waals surface area contributed by atoms with Gasteiger partial charge in [0.2, 0.25) is 0 Å². The molecule has 0 atom stereocenters. The van der Waals surface area contributed by atoms with Gasteiger partial charge in [0, 0.05) is 5.56 Å². The molecule has 6 heteroatoms. The molecule has 0 amide bonds. The smallest absolute Gasteiger partial charge is 0.339 e. The van der Waals surface area contributed by atoms with Crippen molar-refractivity contribution < 1.29 is 19.1 Å². The van der Waals surface area contributed by atoms with E-state index in [-0.39, 0.29) is 19.0 Å². The van der Waals surface area contributed by atoms with E-state index >= 15 is 0 Å². The van der Waals surface area contributed by atoms with E-state index in [2.05, 4.69) is 31.9 Å². The summed E-state index contributed by atoms with van der Waals surface area (Å²) in [6.07, 6.45) is 0. The van der Waals surface area contributed by atoms with E-state index in [4.69, 9.17) is 9.47 Å². The zero-order valence-corrected chi connectivity index (χ0v) is 15.5. The summed E-state index contributed by atoms with van der Waals surface area (Å²) in [5.74, 6) is -0.211. The molecule has 0 spiro atoms. The standard InChI is InChI=1S/C17H14Br2O4/c1-2-22-17(21)12-8-9-13(18)16(15(12)19)23-10-14(20)11-6-4-3-5-7-11/h3-9H,2,10H2,1H3. The van der Waals surface area contributed by atoms with Crippen molar-refractivity contribution in [1.82, 2.24) is 0 Å². The van der Waals surface area contributed by atoms with Crippen LogP contribution in [-0.4, -0.2) is 25.0 Å². The molecule has 0 aliphatic heterocycles. The van der Waals surface area contributed by atoms with Gasteiger partial charge in [-0.05, 0) is 50.9 Å². The maximum absolute atomic E-state index is 12.1. The molecule has 23 heavy (non-hydrogen) atoms. The lowest BCUT2D eigenvalue weighted by molar-refractivity contribution is 0.0524. The Balaban J connectivity index is 2.18. The molecule has 0 unspecified atom stereocenters. The molecule has 0 bridgehead atoms. The Labute approximate surface area is 151 Å². The van der Waals surface area contributed by atoms with Crippen LogP contribution in [0.4, 0.5) is 0 Å². The van der Waals surface area contributed by atoms with Gasteiger partial charge in [0.05, 0.1) is 21.1 Å². The van der Waals surface area contributed by atoms with Crippen LogP contribution in [0.15, 0.2) is 51.4 Å². The van der Waals surface area contributed by atoms with Gasteiger partial charge in [0.25, 0.3) is 0 Å². The zero-order chi connectivity index (χ0) is 16.8. The predicted octanol–water partition coefficient (Wildman–Crippen LogP) is 4.65. The number of halogens is 2. The molecular weight excluding hydrogens is 428 g/mol. The molecule has 0 aromatic heterocycles. The number of carbonyl (C=O) groups is 2. The molecule has 0 aliphatic rings. The lowest BCUT2D eigenvalue weighted by Gasteiger charge is -2.12. The fourth-order valence-electron chi connectivity index (χ4n) is 1.88. The molecule has 2 rings (SSSR count). The van der Waals surface area contributed by atoms with Crippen molar-refractivity contribution in [3.63, 3.8) is 0 Å². The van der Waals surface area contributed by atoms with Crippen LogP contribution in [0, 0.1) is 0 Å². The average molecular weight is 442 g/mol. The second-order valence-corrected chi connectivity index (χ2v) is 6.18. The third kappa shape index (κ3) is 4.42. The van der Waals surface area contributed by atoms with Crippen molar-refractivity contribution in [2.75, 3.05) is 13.2 Å². The maximum Gasteiger partial charge on any atom is 0.339 e. The number of carbonyl (C=O) groups excluding carboxylic acids is 2. The molecule has 2 aromatic carbocycles. The zero-order valence-electron chi connectivity index (χ0n) is 12.3. The summed E-state index contributed by atoms with van der Waals surface area (Å²) in [4.78, 5) is 24.0. The van der Waals surface area contributed by atoms with Crippen molar-refractivity contribution in [2.45, 2.75) is 6.92 Å². The topological polar surface area (TPSA) is 52.6 Å². The number of benzene rings is 2. The first-order chi connectivity index (χ1) is 11.0. The van der Waals surface area contributed by atoms with Crippen molar-refractivity contribution in [3.05, 3.63) is 62.5 Å². The van der Waals surface area contributed by atoms with Crippen LogP contribution < -0.4 is 4.74 Å². The van der Waals surface area contributed by atoms with Gasteiger partial charge in [0.15, 0.2) is 12.4 Å². The maximum atomic E-state index is 12.1. The van der Waals surface area contributed by atoms with Crippen LogP contribution in [0.25, 0.3) is 0 Å². The monoisotopic (exact) mass is 440 g/mol. The Morgan fingerprint density at radius 1 is 1.04 bits per heavy atom. The van der Waals surface area contributed by atoms with Crippen molar-refractivity contribution in [3.8, 4) is 5.75 Å². The van der Waals surface area contributed by atoms with Crippen LogP contribution in [0.5, 0.6) is 5.75 Å². The van der Waals surface area contributed by atoms with Crippen LogP contribution >= 0.6 is 31.9 Å². The summed E-state index contributed by atoms with van der Waals surface area (Å²) in [6, 6.07) is 12.2. The van der Waals surface area contributed by atoms with Gasteiger partial charge < -0.3 is 9.47 Å². The van der Waals surface area contributed by atoms with E-state index in [0.29, 0.717) is 25.8 Å². The largest absolute Gasteiger partial charge is 0.483 e. The Bertz CT molecular complexity index is 714. The van der Waals surface area contributed by atoms with E-state index in [1.54, 1.807) is 43.3 Å². The van der Waals surface area contributed by atoms with Gasteiger partial charge in [-0.1, -0.05) is 30.3 Å². The summed E-state index contributed by atoms with van der Waals surface area (Å²) in [5.41, 5.74) is 0.915. The first-order valence-electron chi connectivity index (χ1n) is 6.90. The summed E-state index contributed by atoms with van der Waals surface area (Å²) in [6.45, 7) is 1.89. The highest BCUT2D eigenvalue weighted by atomic mass is 79.9. The van der Waals surface area contributed by atoms with Gasteiger partial charge in [-0.3, -0.25) is 4.79 Å². The van der Waals surface area contributed by atoms with Crippen LogP contribution in [0.1, 0.15) is 27.6 Å². The van der Waals surface area contributed by atoms with Crippen LogP contribution in [-0.2, 0) is 4.74 Å². The summed E-state index contributed by atoms with van der Waals surface area (Å²) < 4.78 is 11.7. The highest BCUT2D eigenvalue weighted by Gasteiger charge is 2.18. The van der Waals surface area contributed by atoms with E-state index in [0.717, 1.165) is 0 Å². The SMILES string of the molecule is CCOC(=O)c1ccc(Br)c(OCC(=O)c2ccccc2)c1Br. The molecule has 2 aromatic rings. The first-order valence-corrected chi connectivity index (χ1v) is 8.49. The molecule has 120 valence electrons. The number of ether oxygens (including phenoxy) is 2. The van der Waals surface area contributed by atoms with E-state index in [1.165, 1.54) is 0 Å². The number of hydrogen-bond donors (Lipinski definition) is 0. The minimum absolute atomic E-state index is 0.131. The van der Waals surface area contributed by atoms with E-state index in [1.807, 2.05) is 6.07 Å². The third-order valence-electron chi connectivity index (χ3n) is 2.99. The second-order valence-electron chi connectivity index (χ2n) is 4.54. The van der Waals surface area contributed by atoms with E-state index in [9.17, 15) is 9.59 Å². The first kappa shape index (κ1) is 17.7. The number of rotatable bonds is 6. The predicted molar refractivity (Wildman–Crippen MR) is 94.1 cm³/mol. The molecule has 0 N–H and O–H groups in total. The molecule has 0 fully saturated rings. The minimum Gasteiger partial charge on any atom is -0.483 e. The fraction of sp³-hybridized carbons (Fsp3) is 0.176. The highest BCUT2D eigenvalue weighted by molar-refractivity contribution is 9.11. The summed E-state index contributed by atoms with van der Waals surface area (Å²) >= 11 is 6.70. The molecular formula is C17H14Br2O4. The van der Waals surface area contributed by atoms with Gasteiger partial charge in [-0.25, -0.2) is 4.79 Å². The number of Topliss-reactive ketones (excluding diaryl/α,β-unsaturated/α-hetero) is 1. The number of hydrogen-bond acceptors (Lipinski definition) is 4. The summed E-state index contributed by atoms with van der Waals surface area (Å²) in [7, 11) is 0. The van der Waals surface area contributed by atoms with E-state index < -0.39 is 5.97 Å². The summed E-state index contributed by atoms with van der Waals surface area (Å²) in [5, 5.41) is 0. The van der Waals surface area contributed by atoms with Crippen molar-refractivity contribution in [1.29, 1.82) is 0 Å². The average Bonchev–Trinajstić information content (AvgIpc) is 2.55. The number of ketones is 1. The molecule has 4 nitrogen and oxygen atoms in total. The third-order valence-corrected chi connectivity index (χ3v) is 4.40. The normalized spacial score (nSPS) is 10.2. The number of esters is 1. The van der Waals surface area contributed by atoms with Crippen molar-refractivity contribution >= 4 is 43.6 Å². The highest BCUT2D eigenvalue weighted by Crippen LogP contribution is 2.36. The molecule has 0 heterocycles. The lowest BCUT2D eigenvalue weighted by Crippen LogP contribution is -2.13. The second kappa shape index (κ2) is 8.26. The quantitative estimate of drug-likeness (QED) is 0.483. The van der Waals surface area contributed by atoms with Gasteiger partial charge >= 0.3 is 5.97 Å². The lowest BCUT2D eigenvalue weighted by atomic mass is 10.1. The Morgan fingerprint density at radius 3 is 2.39 bits per heavy atom. The molecule has 0 saturated carbocycles. The Morgan fingerprint density at radius 2 is 1.74 bits per heavy atom. The van der Waals surface area contributed by atoms with Crippen LogP contribution in [0.3, 0.4) is 0 Å². The van der Waals surface area contributed by atoms with Gasteiger partial charge in [-0.15, -0.1) is 0 Å². The van der Waals surface area contributed by atoms with Gasteiger partial charge in [-0.2, -0.15) is 0 Å². The van der Waals surface area contributed by atoms with Crippen molar-refractivity contribution in [2.24, 2.45) is 0 Å². The molecule has 0 radical (unpaired) electrons.